The summed E-state index contributed by atoms with van der Waals surface area (Å²) >= 11 is 18.9. The molecule has 1 heterocycles. The molecule has 0 radical (unpaired) electrons. The molecule has 0 N–H and O–H groups in total. The lowest BCUT2D eigenvalue weighted by Gasteiger charge is -2.40. The number of hydrogen-bond donors (Lipinski definition) is 0. The highest BCUT2D eigenvalue weighted by molar-refractivity contribution is 6.35. The maximum absolute atomic E-state index is 12.9. The number of amides is 1. The summed E-state index contributed by atoms with van der Waals surface area (Å²) in [6, 6.07) is 13.8. The highest BCUT2D eigenvalue weighted by Crippen LogP contribution is 2.53. The Morgan fingerprint density at radius 3 is 2.36 bits per heavy atom. The van der Waals surface area contributed by atoms with E-state index in [-0.39, 0.29) is 29.6 Å². The Hall–Kier alpha value is -1.48. The minimum absolute atomic E-state index is 0.0583. The molecule has 0 spiro atoms. The Kier molecular flexibility index (Phi) is 5.73. The van der Waals surface area contributed by atoms with Crippen LogP contribution in [0.15, 0.2) is 55.1 Å². The minimum Gasteiger partial charge on any atom is -0.338 e. The summed E-state index contributed by atoms with van der Waals surface area (Å²) in [5.74, 6) is 1.00. The van der Waals surface area contributed by atoms with E-state index in [9.17, 15) is 4.79 Å². The van der Waals surface area contributed by atoms with Crippen LogP contribution < -0.4 is 0 Å². The Bertz CT molecular complexity index is 895. The smallest absolute Gasteiger partial charge is 0.226 e. The van der Waals surface area contributed by atoms with E-state index in [1.807, 2.05) is 35.2 Å². The maximum atomic E-state index is 12.9. The SMILES string of the molecule is C=CCN1C[C@H]2[C@@H](c3ccc(Cl)cc3)[C@H](c3ccc(Cl)cc3Cl)CC[C@H]2C1=O. The second-order valence-corrected chi connectivity index (χ2v) is 9.01. The average molecular weight is 435 g/mol. The summed E-state index contributed by atoms with van der Waals surface area (Å²) in [5, 5.41) is 2.05. The number of fused-ring (bicyclic) bond motifs is 1. The van der Waals surface area contributed by atoms with Gasteiger partial charge in [-0.2, -0.15) is 0 Å². The van der Waals surface area contributed by atoms with Gasteiger partial charge in [-0.05, 0) is 66.0 Å². The molecule has 2 aromatic rings. The van der Waals surface area contributed by atoms with Gasteiger partial charge in [0, 0.05) is 34.1 Å². The van der Waals surface area contributed by atoms with Gasteiger partial charge in [0.25, 0.3) is 0 Å². The van der Waals surface area contributed by atoms with Crippen LogP contribution in [0.5, 0.6) is 0 Å². The van der Waals surface area contributed by atoms with Gasteiger partial charge in [0.1, 0.15) is 0 Å². The number of hydrogen-bond acceptors (Lipinski definition) is 1. The van der Waals surface area contributed by atoms with Crippen molar-refractivity contribution in [2.24, 2.45) is 11.8 Å². The summed E-state index contributed by atoms with van der Waals surface area (Å²) in [7, 11) is 0. The van der Waals surface area contributed by atoms with Crippen LogP contribution in [0.25, 0.3) is 0 Å². The molecular formula is C23H22Cl3NO. The van der Waals surface area contributed by atoms with E-state index in [0.717, 1.165) is 24.9 Å². The lowest BCUT2D eigenvalue weighted by molar-refractivity contribution is -0.131. The zero-order valence-corrected chi connectivity index (χ0v) is 17.7. The molecular weight excluding hydrogens is 413 g/mol. The number of halogens is 3. The topological polar surface area (TPSA) is 20.3 Å². The van der Waals surface area contributed by atoms with Crippen LogP contribution in [-0.2, 0) is 4.79 Å². The largest absolute Gasteiger partial charge is 0.338 e. The normalized spacial score (nSPS) is 27.0. The molecule has 5 heteroatoms. The molecule has 28 heavy (non-hydrogen) atoms. The Morgan fingerprint density at radius 1 is 1.00 bits per heavy atom. The molecule has 1 saturated carbocycles. The third-order valence-corrected chi connectivity index (χ3v) is 7.04. The molecule has 0 unspecified atom stereocenters. The van der Waals surface area contributed by atoms with Crippen molar-refractivity contribution in [2.75, 3.05) is 13.1 Å². The van der Waals surface area contributed by atoms with Crippen LogP contribution >= 0.6 is 34.8 Å². The second-order valence-electron chi connectivity index (χ2n) is 7.73. The van der Waals surface area contributed by atoms with Crippen molar-refractivity contribution in [1.82, 2.24) is 4.90 Å². The van der Waals surface area contributed by atoms with Gasteiger partial charge in [0.05, 0.1) is 0 Å². The summed E-state index contributed by atoms with van der Waals surface area (Å²) < 4.78 is 0. The van der Waals surface area contributed by atoms with Gasteiger partial charge in [-0.1, -0.05) is 59.1 Å². The van der Waals surface area contributed by atoms with Gasteiger partial charge in [-0.3, -0.25) is 4.79 Å². The first-order valence-electron chi connectivity index (χ1n) is 9.59. The predicted molar refractivity (Wildman–Crippen MR) is 116 cm³/mol. The van der Waals surface area contributed by atoms with Gasteiger partial charge in [-0.25, -0.2) is 0 Å². The first-order chi connectivity index (χ1) is 13.5. The van der Waals surface area contributed by atoms with Crippen LogP contribution in [0, 0.1) is 11.8 Å². The molecule has 146 valence electrons. The quantitative estimate of drug-likeness (QED) is 0.498. The van der Waals surface area contributed by atoms with Crippen LogP contribution in [0.4, 0.5) is 0 Å². The van der Waals surface area contributed by atoms with Gasteiger partial charge in [-0.15, -0.1) is 6.58 Å². The van der Waals surface area contributed by atoms with Crippen molar-refractivity contribution in [1.29, 1.82) is 0 Å². The third-order valence-electron chi connectivity index (χ3n) is 6.23. The lowest BCUT2D eigenvalue weighted by atomic mass is 9.63. The third kappa shape index (κ3) is 3.58. The molecule has 4 rings (SSSR count). The van der Waals surface area contributed by atoms with Crippen LogP contribution in [0.2, 0.25) is 15.1 Å². The molecule has 1 aliphatic carbocycles. The Balaban J connectivity index is 1.77. The molecule has 0 bridgehead atoms. The number of carbonyl (C=O) groups is 1. The zero-order chi connectivity index (χ0) is 19.8. The van der Waals surface area contributed by atoms with Crippen molar-refractivity contribution < 1.29 is 4.79 Å². The fraction of sp³-hybridized carbons (Fsp3) is 0.348. The van der Waals surface area contributed by atoms with E-state index in [1.54, 1.807) is 6.08 Å². The van der Waals surface area contributed by atoms with Crippen LogP contribution in [0.1, 0.15) is 35.8 Å². The average Bonchev–Trinajstić information content (AvgIpc) is 2.98. The molecule has 2 aromatic carbocycles. The molecule has 2 fully saturated rings. The van der Waals surface area contributed by atoms with Gasteiger partial charge >= 0.3 is 0 Å². The van der Waals surface area contributed by atoms with Gasteiger partial charge in [0.2, 0.25) is 5.91 Å². The summed E-state index contributed by atoms with van der Waals surface area (Å²) in [6.07, 6.45) is 3.61. The van der Waals surface area contributed by atoms with E-state index in [1.165, 1.54) is 5.56 Å². The zero-order valence-electron chi connectivity index (χ0n) is 15.5. The monoisotopic (exact) mass is 433 g/mol. The minimum atomic E-state index is 0.0583. The van der Waals surface area contributed by atoms with Crippen molar-refractivity contribution in [2.45, 2.75) is 24.7 Å². The standard InChI is InChI=1S/C23H22Cl3NO/c1-2-11-27-13-20-19(23(27)28)10-9-18(17-8-7-16(25)12-21(17)26)22(20)14-3-5-15(24)6-4-14/h2-8,12,18-20,22H,1,9-11,13H2/t18-,19+,20+,22-/m0/s1. The van der Waals surface area contributed by atoms with E-state index >= 15 is 0 Å². The first kappa shape index (κ1) is 19.8. The molecule has 1 amide bonds. The van der Waals surface area contributed by atoms with Crippen molar-refractivity contribution in [3.05, 3.63) is 81.3 Å². The molecule has 1 saturated heterocycles. The molecule has 2 nitrogen and oxygen atoms in total. The van der Waals surface area contributed by atoms with E-state index in [4.69, 9.17) is 34.8 Å². The van der Waals surface area contributed by atoms with Gasteiger partial charge in [0.15, 0.2) is 0 Å². The number of rotatable bonds is 4. The Labute approximate surface area is 181 Å². The number of nitrogens with zero attached hydrogens (tertiary/aromatic N) is 1. The first-order valence-corrected chi connectivity index (χ1v) is 10.7. The Morgan fingerprint density at radius 2 is 1.68 bits per heavy atom. The summed E-state index contributed by atoms with van der Waals surface area (Å²) in [4.78, 5) is 14.9. The van der Waals surface area contributed by atoms with E-state index < -0.39 is 0 Å². The highest BCUT2D eigenvalue weighted by Gasteiger charge is 2.49. The number of benzene rings is 2. The van der Waals surface area contributed by atoms with Gasteiger partial charge < -0.3 is 4.90 Å². The summed E-state index contributed by atoms with van der Waals surface area (Å²) in [5.41, 5.74) is 2.32. The fourth-order valence-electron chi connectivity index (χ4n) is 5.06. The van der Waals surface area contributed by atoms with Crippen molar-refractivity contribution in [3.8, 4) is 0 Å². The van der Waals surface area contributed by atoms with Crippen molar-refractivity contribution >= 4 is 40.7 Å². The lowest BCUT2D eigenvalue weighted by Crippen LogP contribution is -2.32. The molecule has 0 aromatic heterocycles. The van der Waals surface area contributed by atoms with Crippen molar-refractivity contribution in [3.63, 3.8) is 0 Å². The molecule has 1 aliphatic heterocycles. The van der Waals surface area contributed by atoms with Crippen LogP contribution in [-0.4, -0.2) is 23.9 Å². The predicted octanol–water partition coefficient (Wildman–Crippen LogP) is 6.57. The maximum Gasteiger partial charge on any atom is 0.226 e. The van der Waals surface area contributed by atoms with Crippen LogP contribution in [0.3, 0.4) is 0 Å². The molecule has 2 aliphatic rings. The highest BCUT2D eigenvalue weighted by atomic mass is 35.5. The van der Waals surface area contributed by atoms with E-state index in [2.05, 4.69) is 18.7 Å². The number of likely N-dealkylation sites (tertiary alicyclic amines) is 1. The number of carbonyl (C=O) groups excluding carboxylic acids is 1. The summed E-state index contributed by atoms with van der Waals surface area (Å²) in [6.45, 7) is 5.16. The fourth-order valence-corrected chi connectivity index (χ4v) is 5.74. The second kappa shape index (κ2) is 8.10. The molecule has 4 atom stereocenters. The van der Waals surface area contributed by atoms with E-state index in [0.29, 0.717) is 21.6 Å².